The molecule has 0 radical (unpaired) electrons. The predicted molar refractivity (Wildman–Crippen MR) is 128 cm³/mol. The molecule has 2 aliphatic heterocycles. The van der Waals surface area contributed by atoms with Crippen molar-refractivity contribution >= 4 is 29.4 Å². The van der Waals surface area contributed by atoms with Crippen molar-refractivity contribution in [2.24, 2.45) is 5.92 Å². The second kappa shape index (κ2) is 10.3. The van der Waals surface area contributed by atoms with Gasteiger partial charge in [0, 0.05) is 30.4 Å². The molecule has 32 heavy (non-hydrogen) atoms. The number of thioether (sulfide) groups is 1. The van der Waals surface area contributed by atoms with Crippen LogP contribution in [0.25, 0.3) is 0 Å². The number of hydrogen-bond donors (Lipinski definition) is 1. The Morgan fingerprint density at radius 2 is 1.81 bits per heavy atom. The minimum absolute atomic E-state index is 0.00199. The number of anilines is 1. The van der Waals surface area contributed by atoms with Crippen LogP contribution < -0.4 is 15.0 Å². The Hall–Kier alpha value is -2.67. The smallest absolute Gasteiger partial charge is 0.324 e. The molecule has 0 spiro atoms. The maximum atomic E-state index is 13.3. The third-order valence-electron chi connectivity index (χ3n) is 6.28. The zero-order chi connectivity index (χ0) is 22.5. The maximum Gasteiger partial charge on any atom is 0.324 e. The van der Waals surface area contributed by atoms with Gasteiger partial charge in [-0.3, -0.25) is 9.69 Å². The first-order valence-electron chi connectivity index (χ1n) is 11.3. The van der Waals surface area contributed by atoms with Gasteiger partial charge in [-0.15, -0.1) is 11.8 Å². The Bertz CT molecular complexity index is 942. The summed E-state index contributed by atoms with van der Waals surface area (Å²) in [4.78, 5) is 30.9. The third kappa shape index (κ3) is 5.04. The van der Waals surface area contributed by atoms with Gasteiger partial charge < -0.3 is 15.0 Å². The lowest BCUT2D eigenvalue weighted by atomic mass is 9.96. The maximum absolute atomic E-state index is 13.3. The zero-order valence-electron chi connectivity index (χ0n) is 18.8. The number of fused-ring (bicyclic) bond motifs is 1. The molecule has 0 saturated carbocycles. The average molecular weight is 454 g/mol. The van der Waals surface area contributed by atoms with Gasteiger partial charge in [-0.2, -0.15) is 0 Å². The minimum atomic E-state index is -0.0510. The molecule has 3 amide bonds. The van der Waals surface area contributed by atoms with Gasteiger partial charge in [-0.1, -0.05) is 31.2 Å². The second-order valence-corrected chi connectivity index (χ2v) is 9.22. The molecule has 6 nitrogen and oxygen atoms in total. The summed E-state index contributed by atoms with van der Waals surface area (Å²) in [6.45, 7) is 4.35. The summed E-state index contributed by atoms with van der Waals surface area (Å²) >= 11 is 1.70. The van der Waals surface area contributed by atoms with Crippen LogP contribution in [-0.4, -0.2) is 48.8 Å². The van der Waals surface area contributed by atoms with Crippen LogP contribution in [0.4, 0.5) is 10.5 Å². The molecule has 2 heterocycles. The number of carbonyl (C=O) groups excluding carboxylic acids is 2. The number of benzene rings is 2. The van der Waals surface area contributed by atoms with Gasteiger partial charge in [-0.05, 0) is 55.3 Å². The van der Waals surface area contributed by atoms with Crippen LogP contribution in [0, 0.1) is 5.92 Å². The molecular weight excluding hydrogens is 422 g/mol. The molecule has 1 fully saturated rings. The van der Waals surface area contributed by atoms with E-state index < -0.39 is 0 Å². The van der Waals surface area contributed by atoms with E-state index in [2.05, 4.69) is 36.5 Å². The summed E-state index contributed by atoms with van der Waals surface area (Å²) in [6, 6.07) is 16.0. The topological polar surface area (TPSA) is 61.9 Å². The van der Waals surface area contributed by atoms with Crippen molar-refractivity contribution in [3.05, 3.63) is 54.1 Å². The van der Waals surface area contributed by atoms with Crippen molar-refractivity contribution in [2.45, 2.75) is 43.7 Å². The van der Waals surface area contributed by atoms with E-state index in [0.29, 0.717) is 39.0 Å². The largest absolute Gasteiger partial charge is 0.486 e. The molecule has 1 saturated heterocycles. The Morgan fingerprint density at radius 1 is 1.09 bits per heavy atom. The van der Waals surface area contributed by atoms with Gasteiger partial charge in [0.2, 0.25) is 5.91 Å². The number of hydrogen-bond acceptors (Lipinski definition) is 4. The lowest BCUT2D eigenvalue weighted by Crippen LogP contribution is -2.52. The molecule has 170 valence electrons. The molecule has 0 unspecified atom stereocenters. The number of nitrogens with one attached hydrogen (secondary N) is 1. The standard InChI is InChI=1S/C25H31N3O3S/c1-3-20-17-28(22-6-4-5-7-23(22)31-20)25(30)27-14-12-19(13-15-27)24(29)26-16-18-8-10-21(32-2)11-9-18/h4-11,19-20H,3,12-17H2,1-2H3,(H,26,29)/t20-/m0/s1. The van der Waals surface area contributed by atoms with Crippen LogP contribution in [0.5, 0.6) is 5.75 Å². The fraction of sp³-hybridized carbons (Fsp3) is 0.440. The summed E-state index contributed by atoms with van der Waals surface area (Å²) in [6.07, 6.45) is 4.27. The summed E-state index contributed by atoms with van der Waals surface area (Å²) in [5.74, 6) is 0.789. The highest BCUT2D eigenvalue weighted by molar-refractivity contribution is 7.98. The van der Waals surface area contributed by atoms with E-state index in [9.17, 15) is 9.59 Å². The van der Waals surface area contributed by atoms with E-state index in [4.69, 9.17) is 4.74 Å². The Balaban J connectivity index is 1.31. The van der Waals surface area contributed by atoms with Crippen LogP contribution in [0.2, 0.25) is 0 Å². The summed E-state index contributed by atoms with van der Waals surface area (Å²) in [5, 5.41) is 3.06. The number of rotatable bonds is 5. The number of piperidine rings is 1. The van der Waals surface area contributed by atoms with Crippen LogP contribution in [-0.2, 0) is 11.3 Å². The molecule has 0 bridgehead atoms. The number of likely N-dealkylation sites (tertiary alicyclic amines) is 1. The molecule has 0 aromatic heterocycles. The van der Waals surface area contributed by atoms with E-state index in [1.54, 1.807) is 11.8 Å². The zero-order valence-corrected chi connectivity index (χ0v) is 19.6. The fourth-order valence-electron chi connectivity index (χ4n) is 4.27. The fourth-order valence-corrected chi connectivity index (χ4v) is 4.68. The average Bonchev–Trinajstić information content (AvgIpc) is 2.86. The Labute approximate surface area is 194 Å². The van der Waals surface area contributed by atoms with Crippen LogP contribution in [0.1, 0.15) is 31.7 Å². The molecular formula is C25H31N3O3S. The number of amides is 3. The molecule has 7 heteroatoms. The molecule has 2 aromatic rings. The molecule has 1 atom stereocenters. The monoisotopic (exact) mass is 453 g/mol. The van der Waals surface area contributed by atoms with Crippen molar-refractivity contribution < 1.29 is 14.3 Å². The quantitative estimate of drug-likeness (QED) is 0.676. The van der Waals surface area contributed by atoms with Crippen molar-refractivity contribution in [2.75, 3.05) is 30.8 Å². The van der Waals surface area contributed by atoms with Crippen LogP contribution >= 0.6 is 11.8 Å². The molecule has 2 aromatic carbocycles. The number of nitrogens with zero attached hydrogens (tertiary/aromatic N) is 2. The number of ether oxygens (including phenoxy) is 1. The van der Waals surface area contributed by atoms with Crippen molar-refractivity contribution in [1.82, 2.24) is 10.2 Å². The van der Waals surface area contributed by atoms with Gasteiger partial charge in [0.15, 0.2) is 0 Å². The van der Waals surface area contributed by atoms with Gasteiger partial charge in [-0.25, -0.2) is 4.79 Å². The van der Waals surface area contributed by atoms with Gasteiger partial charge in [0.05, 0.1) is 12.2 Å². The van der Waals surface area contributed by atoms with E-state index in [-0.39, 0.29) is 24.0 Å². The molecule has 4 rings (SSSR count). The summed E-state index contributed by atoms with van der Waals surface area (Å²) in [5.41, 5.74) is 1.93. The Morgan fingerprint density at radius 3 is 2.50 bits per heavy atom. The molecule has 0 aliphatic carbocycles. The highest BCUT2D eigenvalue weighted by Crippen LogP contribution is 2.35. The first kappa shape index (κ1) is 22.5. The van der Waals surface area contributed by atoms with Crippen LogP contribution in [0.15, 0.2) is 53.4 Å². The normalized spacial score (nSPS) is 18.6. The van der Waals surface area contributed by atoms with E-state index in [1.807, 2.05) is 40.3 Å². The predicted octanol–water partition coefficient (Wildman–Crippen LogP) is 4.53. The number of para-hydroxylation sites is 2. The van der Waals surface area contributed by atoms with Gasteiger partial charge >= 0.3 is 6.03 Å². The SMILES string of the molecule is CC[C@H]1CN(C(=O)N2CCC(C(=O)NCc3ccc(SC)cc3)CC2)c2ccccc2O1. The first-order valence-corrected chi connectivity index (χ1v) is 12.5. The Kier molecular flexibility index (Phi) is 7.25. The highest BCUT2D eigenvalue weighted by Gasteiger charge is 2.34. The lowest BCUT2D eigenvalue weighted by Gasteiger charge is -2.39. The van der Waals surface area contributed by atoms with E-state index >= 15 is 0 Å². The van der Waals surface area contributed by atoms with Gasteiger partial charge in [0.1, 0.15) is 11.9 Å². The first-order chi connectivity index (χ1) is 15.6. The van der Waals surface area contributed by atoms with E-state index in [1.165, 1.54) is 4.90 Å². The minimum Gasteiger partial charge on any atom is -0.486 e. The van der Waals surface area contributed by atoms with Crippen molar-refractivity contribution in [3.63, 3.8) is 0 Å². The van der Waals surface area contributed by atoms with Gasteiger partial charge in [0.25, 0.3) is 0 Å². The van der Waals surface area contributed by atoms with Crippen molar-refractivity contribution in [3.8, 4) is 5.75 Å². The molecule has 2 aliphatic rings. The third-order valence-corrected chi connectivity index (χ3v) is 7.03. The summed E-state index contributed by atoms with van der Waals surface area (Å²) in [7, 11) is 0. The summed E-state index contributed by atoms with van der Waals surface area (Å²) < 4.78 is 6.01. The van der Waals surface area contributed by atoms with Crippen molar-refractivity contribution in [1.29, 1.82) is 0 Å². The number of carbonyl (C=O) groups is 2. The van der Waals surface area contributed by atoms with Crippen LogP contribution in [0.3, 0.4) is 0 Å². The highest BCUT2D eigenvalue weighted by atomic mass is 32.2. The lowest BCUT2D eigenvalue weighted by molar-refractivity contribution is -0.126. The second-order valence-electron chi connectivity index (χ2n) is 8.34. The molecule has 1 N–H and O–H groups in total. The van der Waals surface area contributed by atoms with E-state index in [0.717, 1.165) is 23.4 Å². The number of urea groups is 1.